The first-order valence-electron chi connectivity index (χ1n) is 7.33. The van der Waals surface area contributed by atoms with E-state index >= 15 is 0 Å². The largest absolute Gasteiger partial charge is 0.463 e. The van der Waals surface area contributed by atoms with Gasteiger partial charge in [0.15, 0.2) is 0 Å². The monoisotopic (exact) mass is 334 g/mol. The predicted octanol–water partition coefficient (Wildman–Crippen LogP) is 3.48. The van der Waals surface area contributed by atoms with Gasteiger partial charge in [0.1, 0.15) is 17.1 Å². The molecule has 0 aliphatic heterocycles. The zero-order chi connectivity index (χ0) is 16.9. The molecule has 124 valence electrons. The fourth-order valence-electron chi connectivity index (χ4n) is 2.14. The molecule has 0 bridgehead atoms. The quantitative estimate of drug-likeness (QED) is 0.756. The summed E-state index contributed by atoms with van der Waals surface area (Å²) in [4.78, 5) is 12.0. The molecular formula is C17H22N2O3S. The highest BCUT2D eigenvalue weighted by Crippen LogP contribution is 2.22. The summed E-state index contributed by atoms with van der Waals surface area (Å²) >= 11 is 1.72. The third-order valence-electron chi connectivity index (χ3n) is 3.36. The Morgan fingerprint density at radius 3 is 2.78 bits per heavy atom. The average molecular weight is 334 g/mol. The van der Waals surface area contributed by atoms with E-state index in [4.69, 9.17) is 4.42 Å². The molecule has 1 aromatic heterocycles. The summed E-state index contributed by atoms with van der Waals surface area (Å²) in [5.74, 6) is 2.04. The molecule has 0 unspecified atom stereocenters. The molecule has 1 atom stereocenters. The minimum atomic E-state index is -1.26. The Kier molecular flexibility index (Phi) is 5.74. The summed E-state index contributed by atoms with van der Waals surface area (Å²) in [7, 11) is 0. The smallest absolute Gasteiger partial charge is 0.319 e. The van der Waals surface area contributed by atoms with Gasteiger partial charge in [-0.2, -0.15) is 11.8 Å². The Morgan fingerprint density at radius 1 is 1.35 bits per heavy atom. The molecule has 2 amide bonds. The molecule has 5 nitrogen and oxygen atoms in total. The molecule has 1 heterocycles. The van der Waals surface area contributed by atoms with E-state index in [1.54, 1.807) is 37.7 Å². The number of carbonyl (C=O) groups is 1. The predicted molar refractivity (Wildman–Crippen MR) is 93.7 cm³/mol. The molecule has 23 heavy (non-hydrogen) atoms. The van der Waals surface area contributed by atoms with E-state index in [1.165, 1.54) is 0 Å². The van der Waals surface area contributed by atoms with Crippen LogP contribution in [0.2, 0.25) is 0 Å². The molecule has 0 fully saturated rings. The van der Waals surface area contributed by atoms with Gasteiger partial charge in [-0.1, -0.05) is 12.1 Å². The van der Waals surface area contributed by atoms with Crippen LogP contribution in [-0.2, 0) is 11.4 Å². The van der Waals surface area contributed by atoms with Gasteiger partial charge < -0.3 is 20.2 Å². The van der Waals surface area contributed by atoms with E-state index in [9.17, 15) is 9.90 Å². The molecule has 6 heteroatoms. The number of benzene rings is 1. The van der Waals surface area contributed by atoms with Crippen LogP contribution in [-0.4, -0.2) is 23.9 Å². The molecule has 0 radical (unpaired) electrons. The number of hydrogen-bond donors (Lipinski definition) is 3. The van der Waals surface area contributed by atoms with Crippen molar-refractivity contribution in [3.63, 3.8) is 0 Å². The van der Waals surface area contributed by atoms with Gasteiger partial charge in [-0.15, -0.1) is 0 Å². The van der Waals surface area contributed by atoms with E-state index in [0.29, 0.717) is 5.76 Å². The van der Waals surface area contributed by atoms with Crippen LogP contribution in [0.25, 0.3) is 0 Å². The van der Waals surface area contributed by atoms with Crippen LogP contribution in [0, 0.1) is 6.92 Å². The van der Waals surface area contributed by atoms with Crippen LogP contribution in [0.3, 0.4) is 0 Å². The van der Waals surface area contributed by atoms with Gasteiger partial charge in [0, 0.05) is 11.4 Å². The van der Waals surface area contributed by atoms with Crippen LogP contribution in [0.15, 0.2) is 40.8 Å². The Labute approximate surface area is 140 Å². The third-order valence-corrected chi connectivity index (χ3v) is 3.98. The topological polar surface area (TPSA) is 74.5 Å². The van der Waals surface area contributed by atoms with Crippen LogP contribution in [0.4, 0.5) is 10.5 Å². The molecule has 0 saturated heterocycles. The van der Waals surface area contributed by atoms with Gasteiger partial charge in [-0.3, -0.25) is 0 Å². The Hall–Kier alpha value is -1.92. The van der Waals surface area contributed by atoms with Crippen molar-refractivity contribution in [1.82, 2.24) is 5.32 Å². The summed E-state index contributed by atoms with van der Waals surface area (Å²) in [6.45, 7) is 3.46. The fraction of sp³-hybridized carbons (Fsp3) is 0.353. The van der Waals surface area contributed by atoms with Gasteiger partial charge in [-0.25, -0.2) is 4.79 Å². The second-order valence-electron chi connectivity index (χ2n) is 5.63. The van der Waals surface area contributed by atoms with Crippen molar-refractivity contribution >= 4 is 23.5 Å². The van der Waals surface area contributed by atoms with Crippen molar-refractivity contribution < 1.29 is 14.3 Å². The first-order valence-corrected chi connectivity index (χ1v) is 8.72. The molecule has 1 aromatic carbocycles. The molecular weight excluding hydrogens is 312 g/mol. The zero-order valence-electron chi connectivity index (χ0n) is 13.6. The molecule has 0 aliphatic carbocycles. The number of hydrogen-bond acceptors (Lipinski definition) is 4. The lowest BCUT2D eigenvalue weighted by atomic mass is 10.0. The number of thioether (sulfide) groups is 1. The summed E-state index contributed by atoms with van der Waals surface area (Å²) < 4.78 is 5.42. The highest BCUT2D eigenvalue weighted by atomic mass is 32.2. The van der Waals surface area contributed by atoms with Crippen molar-refractivity contribution in [3.8, 4) is 0 Å². The van der Waals surface area contributed by atoms with Gasteiger partial charge in [0.2, 0.25) is 0 Å². The SMILES string of the molecule is CSCc1cccc(NC(=O)NC[C@](C)(O)c2ccc(C)o2)c1. The molecule has 2 aromatic rings. The number of carbonyl (C=O) groups excluding carboxylic acids is 1. The maximum Gasteiger partial charge on any atom is 0.319 e. The average Bonchev–Trinajstić information content (AvgIpc) is 2.94. The van der Waals surface area contributed by atoms with E-state index in [0.717, 1.165) is 22.8 Å². The number of urea groups is 1. The molecule has 2 rings (SSSR count). The lowest BCUT2D eigenvalue weighted by molar-refractivity contribution is 0.0364. The van der Waals surface area contributed by atoms with Gasteiger partial charge in [0.25, 0.3) is 0 Å². The standard InChI is InChI=1S/C17H22N2O3S/c1-12-7-8-15(22-12)17(2,21)11-18-16(20)19-14-6-4-5-13(9-14)10-23-3/h4-9,21H,10-11H2,1-3H3,(H2,18,19,20)/t17-/m0/s1. The highest BCUT2D eigenvalue weighted by Gasteiger charge is 2.27. The van der Waals surface area contributed by atoms with Gasteiger partial charge in [-0.05, 0) is 49.9 Å². The van der Waals surface area contributed by atoms with Crippen LogP contribution >= 0.6 is 11.8 Å². The Morgan fingerprint density at radius 2 is 2.13 bits per heavy atom. The van der Waals surface area contributed by atoms with Crippen molar-refractivity contribution in [3.05, 3.63) is 53.5 Å². The second kappa shape index (κ2) is 7.57. The van der Waals surface area contributed by atoms with Crippen molar-refractivity contribution in [2.45, 2.75) is 25.2 Å². The van der Waals surface area contributed by atoms with Crippen molar-refractivity contribution in [2.75, 3.05) is 18.1 Å². The molecule has 0 saturated carbocycles. The van der Waals surface area contributed by atoms with Crippen LogP contribution in [0.5, 0.6) is 0 Å². The molecule has 0 spiro atoms. The molecule has 0 aliphatic rings. The zero-order valence-corrected chi connectivity index (χ0v) is 14.4. The summed E-state index contributed by atoms with van der Waals surface area (Å²) in [6.07, 6.45) is 2.03. The van der Waals surface area contributed by atoms with Crippen molar-refractivity contribution in [1.29, 1.82) is 0 Å². The summed E-state index contributed by atoms with van der Waals surface area (Å²) in [5.41, 5.74) is 0.614. The highest BCUT2D eigenvalue weighted by molar-refractivity contribution is 7.97. The second-order valence-corrected chi connectivity index (χ2v) is 6.49. The first kappa shape index (κ1) is 17.4. The maximum absolute atomic E-state index is 12.0. The maximum atomic E-state index is 12.0. The number of aryl methyl sites for hydroxylation is 1. The van der Waals surface area contributed by atoms with E-state index in [2.05, 4.69) is 10.6 Å². The normalized spacial score (nSPS) is 13.4. The van der Waals surface area contributed by atoms with Crippen molar-refractivity contribution in [2.24, 2.45) is 0 Å². The van der Waals surface area contributed by atoms with E-state index < -0.39 is 5.60 Å². The van der Waals surface area contributed by atoms with Crippen LogP contribution < -0.4 is 10.6 Å². The fourth-order valence-corrected chi connectivity index (χ4v) is 2.66. The summed E-state index contributed by atoms with van der Waals surface area (Å²) in [6, 6.07) is 10.8. The molecule has 3 N–H and O–H groups in total. The number of aliphatic hydroxyl groups is 1. The minimum Gasteiger partial charge on any atom is -0.463 e. The Bertz CT molecular complexity index is 667. The van der Waals surface area contributed by atoms with E-state index in [1.807, 2.05) is 30.5 Å². The van der Waals surface area contributed by atoms with Gasteiger partial charge in [0.05, 0.1) is 6.54 Å². The van der Waals surface area contributed by atoms with Gasteiger partial charge >= 0.3 is 6.03 Å². The summed E-state index contributed by atoms with van der Waals surface area (Å²) in [5, 5.41) is 15.8. The number of furan rings is 1. The van der Waals surface area contributed by atoms with E-state index in [-0.39, 0.29) is 12.6 Å². The third kappa shape index (κ3) is 5.04. The lowest BCUT2D eigenvalue weighted by Crippen LogP contribution is -2.40. The lowest BCUT2D eigenvalue weighted by Gasteiger charge is -2.21. The first-order chi connectivity index (χ1) is 10.9. The number of rotatable bonds is 6. The number of amides is 2. The Balaban J connectivity index is 1.91. The number of anilines is 1. The van der Waals surface area contributed by atoms with Crippen LogP contribution in [0.1, 0.15) is 24.0 Å². The minimum absolute atomic E-state index is 0.0519. The number of nitrogens with one attached hydrogen (secondary N) is 2.